The van der Waals surface area contributed by atoms with Crippen LogP contribution in [0.3, 0.4) is 0 Å². The molecule has 2 unspecified atom stereocenters. The Balaban J connectivity index is 1.53. The Labute approximate surface area is 118 Å². The molecule has 2 atom stereocenters. The minimum absolute atomic E-state index is 0.712. The molecule has 0 amide bonds. The Kier molecular flexibility index (Phi) is 2.91. The van der Waals surface area contributed by atoms with Crippen molar-refractivity contribution in [3.63, 3.8) is 0 Å². The summed E-state index contributed by atoms with van der Waals surface area (Å²) in [6.45, 7) is 0. The third-order valence-corrected chi connectivity index (χ3v) is 4.67. The van der Waals surface area contributed by atoms with Gasteiger partial charge in [0.05, 0.1) is 7.11 Å². The van der Waals surface area contributed by atoms with Crippen molar-refractivity contribution in [2.45, 2.75) is 44.2 Å². The first kappa shape index (κ1) is 12.2. The number of hydrogen-bond donors (Lipinski definition) is 1. The molecule has 0 radical (unpaired) electrons. The van der Waals surface area contributed by atoms with Gasteiger partial charge in [0, 0.05) is 24.6 Å². The molecule has 2 aliphatic rings. The standard InChI is InChI=1S/C16H20N2O2/c1-19-13-4-5-14-15(9-13)20-16(18-14)8-10-6-11-2-3-12(7-10)17-11/h4-5,9-12,17H,2-3,6-8H2,1H3. The fourth-order valence-corrected chi connectivity index (χ4v) is 3.76. The van der Waals surface area contributed by atoms with E-state index in [1.54, 1.807) is 7.11 Å². The maximum absolute atomic E-state index is 5.89. The molecular weight excluding hydrogens is 252 g/mol. The van der Waals surface area contributed by atoms with Crippen LogP contribution in [0.15, 0.2) is 22.6 Å². The van der Waals surface area contributed by atoms with Crippen LogP contribution in [0.25, 0.3) is 11.1 Å². The maximum atomic E-state index is 5.89. The molecular formula is C16H20N2O2. The molecule has 2 aromatic rings. The van der Waals surface area contributed by atoms with E-state index in [1.165, 1.54) is 25.7 Å². The molecule has 2 saturated heterocycles. The largest absolute Gasteiger partial charge is 0.497 e. The molecule has 4 heteroatoms. The molecule has 1 aromatic heterocycles. The lowest BCUT2D eigenvalue weighted by Gasteiger charge is -2.28. The normalized spacial score (nSPS) is 28.9. The highest BCUT2D eigenvalue weighted by Crippen LogP contribution is 2.33. The van der Waals surface area contributed by atoms with Crippen molar-refractivity contribution in [2.24, 2.45) is 5.92 Å². The van der Waals surface area contributed by atoms with E-state index in [1.807, 2.05) is 18.2 Å². The van der Waals surface area contributed by atoms with Crippen LogP contribution in [0.5, 0.6) is 5.75 Å². The Morgan fingerprint density at radius 2 is 2.10 bits per heavy atom. The van der Waals surface area contributed by atoms with Crippen LogP contribution in [-0.2, 0) is 6.42 Å². The topological polar surface area (TPSA) is 47.3 Å². The van der Waals surface area contributed by atoms with Crippen LogP contribution >= 0.6 is 0 Å². The Morgan fingerprint density at radius 1 is 1.30 bits per heavy atom. The highest BCUT2D eigenvalue weighted by molar-refractivity contribution is 5.74. The molecule has 2 aliphatic heterocycles. The summed E-state index contributed by atoms with van der Waals surface area (Å²) in [4.78, 5) is 4.61. The summed E-state index contributed by atoms with van der Waals surface area (Å²) in [5.74, 6) is 2.41. The van der Waals surface area contributed by atoms with Crippen LogP contribution in [-0.4, -0.2) is 24.2 Å². The number of rotatable bonds is 3. The van der Waals surface area contributed by atoms with Gasteiger partial charge in [0.25, 0.3) is 0 Å². The van der Waals surface area contributed by atoms with Crippen molar-refractivity contribution >= 4 is 11.1 Å². The van der Waals surface area contributed by atoms with Gasteiger partial charge in [0.2, 0.25) is 0 Å². The summed E-state index contributed by atoms with van der Waals surface area (Å²) in [5.41, 5.74) is 1.76. The quantitative estimate of drug-likeness (QED) is 0.933. The number of nitrogens with zero attached hydrogens (tertiary/aromatic N) is 1. The first-order valence-corrected chi connectivity index (χ1v) is 7.49. The van der Waals surface area contributed by atoms with Gasteiger partial charge < -0.3 is 14.5 Å². The first-order chi connectivity index (χ1) is 9.80. The number of oxazole rings is 1. The van der Waals surface area contributed by atoms with Crippen molar-refractivity contribution in [3.05, 3.63) is 24.1 Å². The minimum atomic E-state index is 0.712. The smallest absolute Gasteiger partial charge is 0.195 e. The summed E-state index contributed by atoms with van der Waals surface area (Å²) in [5, 5.41) is 3.68. The summed E-state index contributed by atoms with van der Waals surface area (Å²) >= 11 is 0. The summed E-state index contributed by atoms with van der Waals surface area (Å²) in [6.07, 6.45) is 6.17. The number of benzene rings is 1. The fraction of sp³-hybridized carbons (Fsp3) is 0.562. The van der Waals surface area contributed by atoms with Gasteiger partial charge in [-0.15, -0.1) is 0 Å². The molecule has 1 aromatic carbocycles. The SMILES string of the molecule is COc1ccc2nc(CC3CC4CCC(C3)N4)oc2c1. The highest BCUT2D eigenvalue weighted by Gasteiger charge is 2.33. The predicted octanol–water partition coefficient (Wildman–Crippen LogP) is 2.91. The first-order valence-electron chi connectivity index (χ1n) is 7.49. The predicted molar refractivity (Wildman–Crippen MR) is 76.9 cm³/mol. The molecule has 106 valence electrons. The van der Waals surface area contributed by atoms with Gasteiger partial charge in [-0.3, -0.25) is 0 Å². The Hall–Kier alpha value is -1.55. The number of aromatic nitrogens is 1. The molecule has 2 fully saturated rings. The van der Waals surface area contributed by atoms with Crippen molar-refractivity contribution in [2.75, 3.05) is 7.11 Å². The van der Waals surface area contributed by atoms with Gasteiger partial charge >= 0.3 is 0 Å². The highest BCUT2D eigenvalue weighted by atomic mass is 16.5. The molecule has 20 heavy (non-hydrogen) atoms. The molecule has 3 heterocycles. The van der Waals surface area contributed by atoms with E-state index in [0.717, 1.165) is 41.2 Å². The number of nitrogens with one attached hydrogen (secondary N) is 1. The molecule has 0 aliphatic carbocycles. The van der Waals surface area contributed by atoms with E-state index in [0.29, 0.717) is 5.92 Å². The van der Waals surface area contributed by atoms with Crippen molar-refractivity contribution in [1.29, 1.82) is 0 Å². The Morgan fingerprint density at radius 3 is 2.85 bits per heavy atom. The second-order valence-corrected chi connectivity index (χ2v) is 6.12. The van der Waals surface area contributed by atoms with Crippen LogP contribution < -0.4 is 10.1 Å². The molecule has 4 nitrogen and oxygen atoms in total. The summed E-state index contributed by atoms with van der Waals surface area (Å²) < 4.78 is 11.1. The fourth-order valence-electron chi connectivity index (χ4n) is 3.76. The second-order valence-electron chi connectivity index (χ2n) is 6.12. The van der Waals surface area contributed by atoms with Crippen LogP contribution in [0.1, 0.15) is 31.6 Å². The van der Waals surface area contributed by atoms with Crippen molar-refractivity contribution < 1.29 is 9.15 Å². The average molecular weight is 272 g/mol. The number of ether oxygens (including phenoxy) is 1. The summed E-state index contributed by atoms with van der Waals surface area (Å²) in [6, 6.07) is 7.26. The van der Waals surface area contributed by atoms with Crippen LogP contribution in [0.2, 0.25) is 0 Å². The van der Waals surface area contributed by atoms with Crippen LogP contribution in [0.4, 0.5) is 0 Å². The zero-order valence-corrected chi connectivity index (χ0v) is 11.8. The second kappa shape index (κ2) is 4.77. The van der Waals surface area contributed by atoms with E-state index >= 15 is 0 Å². The van der Waals surface area contributed by atoms with Crippen LogP contribution in [0, 0.1) is 5.92 Å². The maximum Gasteiger partial charge on any atom is 0.195 e. The molecule has 0 spiro atoms. The van der Waals surface area contributed by atoms with Gasteiger partial charge in [-0.1, -0.05) is 0 Å². The molecule has 4 rings (SSSR count). The minimum Gasteiger partial charge on any atom is -0.497 e. The van der Waals surface area contributed by atoms with E-state index in [9.17, 15) is 0 Å². The average Bonchev–Trinajstić information content (AvgIpc) is 3.00. The number of fused-ring (bicyclic) bond motifs is 3. The summed E-state index contributed by atoms with van der Waals surface area (Å²) in [7, 11) is 1.67. The van der Waals surface area contributed by atoms with E-state index in [2.05, 4.69) is 10.3 Å². The number of methoxy groups -OCH3 is 1. The zero-order valence-electron chi connectivity index (χ0n) is 11.8. The lowest BCUT2D eigenvalue weighted by atomic mass is 9.90. The van der Waals surface area contributed by atoms with Gasteiger partial charge in [-0.05, 0) is 43.7 Å². The number of hydrogen-bond acceptors (Lipinski definition) is 4. The van der Waals surface area contributed by atoms with Crippen molar-refractivity contribution in [3.8, 4) is 5.75 Å². The zero-order chi connectivity index (χ0) is 13.5. The molecule has 1 N–H and O–H groups in total. The lowest BCUT2D eigenvalue weighted by Crippen LogP contribution is -2.38. The number of piperidine rings is 1. The van der Waals surface area contributed by atoms with E-state index in [4.69, 9.17) is 9.15 Å². The third kappa shape index (κ3) is 2.18. The van der Waals surface area contributed by atoms with Crippen molar-refractivity contribution in [1.82, 2.24) is 10.3 Å². The van der Waals surface area contributed by atoms with Gasteiger partial charge in [0.1, 0.15) is 11.3 Å². The third-order valence-electron chi connectivity index (χ3n) is 4.67. The molecule has 2 bridgehead atoms. The van der Waals surface area contributed by atoms with Gasteiger partial charge in [-0.2, -0.15) is 0 Å². The van der Waals surface area contributed by atoms with Gasteiger partial charge in [-0.25, -0.2) is 4.98 Å². The molecule has 0 saturated carbocycles. The Bertz CT molecular complexity index is 610. The monoisotopic (exact) mass is 272 g/mol. The van der Waals surface area contributed by atoms with E-state index < -0.39 is 0 Å². The van der Waals surface area contributed by atoms with E-state index in [-0.39, 0.29) is 0 Å². The van der Waals surface area contributed by atoms with Gasteiger partial charge in [0.15, 0.2) is 11.5 Å². The lowest BCUT2D eigenvalue weighted by molar-refractivity contribution is 0.284.